The minimum absolute atomic E-state index is 0.408. The number of aromatic nitrogens is 3. The first-order valence-electron chi connectivity index (χ1n) is 6.21. The second kappa shape index (κ2) is 5.00. The Kier molecular flexibility index (Phi) is 3.62. The van der Waals surface area contributed by atoms with Crippen LogP contribution in [0.15, 0.2) is 12.3 Å². The second-order valence-corrected chi connectivity index (χ2v) is 5.00. The summed E-state index contributed by atoms with van der Waals surface area (Å²) in [6, 6.07) is 2.42. The maximum Gasteiger partial charge on any atom is 0.179 e. The summed E-state index contributed by atoms with van der Waals surface area (Å²) < 4.78 is 2.93. The number of hydrogen-bond donors (Lipinski definition) is 1. The van der Waals surface area contributed by atoms with Crippen LogP contribution in [-0.2, 0) is 0 Å². The lowest BCUT2D eigenvalue weighted by Gasteiger charge is -2.13. The minimum Gasteiger partial charge on any atom is -0.329 e. The molecule has 0 radical (unpaired) electrons. The lowest BCUT2D eigenvalue weighted by molar-refractivity contribution is 0.489. The van der Waals surface area contributed by atoms with Crippen LogP contribution in [0.1, 0.15) is 44.7 Å². The van der Waals surface area contributed by atoms with Gasteiger partial charge >= 0.3 is 0 Å². The molecule has 0 aliphatic rings. The van der Waals surface area contributed by atoms with Crippen LogP contribution in [0.4, 0.5) is 0 Å². The molecule has 2 rings (SSSR count). The van der Waals surface area contributed by atoms with Crippen molar-refractivity contribution in [3.05, 3.63) is 22.6 Å². The molecule has 92 valence electrons. The fraction of sp³-hybridized carbons (Fsp3) is 0.538. The third kappa shape index (κ3) is 2.27. The van der Waals surface area contributed by atoms with Crippen LogP contribution in [0, 0.1) is 11.7 Å². The number of imidazole rings is 1. The summed E-state index contributed by atoms with van der Waals surface area (Å²) in [4.78, 5) is 7.72. The van der Waals surface area contributed by atoms with Crippen molar-refractivity contribution in [1.82, 2.24) is 14.5 Å². The molecule has 0 fully saturated rings. The Balaban J connectivity index is 2.50. The van der Waals surface area contributed by atoms with E-state index in [9.17, 15) is 0 Å². The van der Waals surface area contributed by atoms with Gasteiger partial charge in [-0.1, -0.05) is 19.8 Å². The van der Waals surface area contributed by atoms with Gasteiger partial charge in [-0.2, -0.15) is 0 Å². The van der Waals surface area contributed by atoms with Gasteiger partial charge in [0.25, 0.3) is 0 Å². The van der Waals surface area contributed by atoms with Gasteiger partial charge in [0.1, 0.15) is 0 Å². The van der Waals surface area contributed by atoms with E-state index in [0.29, 0.717) is 6.04 Å². The minimum atomic E-state index is 0.408. The molecule has 0 aliphatic heterocycles. The number of nitrogens with zero attached hydrogens (tertiary/aromatic N) is 2. The standard InChI is InChI=1S/C13H19N3S/c1-4-5-6-10(3)16-12-11(15-13(16)17)9(2)7-8-14-12/h7-8,10H,4-6H2,1-3H3,(H,15,17). The first kappa shape index (κ1) is 12.3. The maximum atomic E-state index is 5.41. The number of unbranched alkanes of at least 4 members (excludes halogenated alkanes) is 1. The zero-order valence-electron chi connectivity index (χ0n) is 10.7. The van der Waals surface area contributed by atoms with E-state index in [1.807, 2.05) is 12.3 Å². The molecule has 0 saturated carbocycles. The summed E-state index contributed by atoms with van der Waals surface area (Å²) in [7, 11) is 0. The van der Waals surface area contributed by atoms with Crippen LogP contribution < -0.4 is 0 Å². The van der Waals surface area contributed by atoms with Crippen molar-refractivity contribution in [1.29, 1.82) is 0 Å². The highest BCUT2D eigenvalue weighted by atomic mass is 32.1. The molecule has 17 heavy (non-hydrogen) atoms. The van der Waals surface area contributed by atoms with Crippen LogP contribution in [0.5, 0.6) is 0 Å². The van der Waals surface area contributed by atoms with E-state index in [1.165, 1.54) is 18.4 Å². The molecule has 4 heteroatoms. The monoisotopic (exact) mass is 249 g/mol. The number of nitrogens with one attached hydrogen (secondary N) is 1. The topological polar surface area (TPSA) is 33.6 Å². The van der Waals surface area contributed by atoms with Gasteiger partial charge in [-0.15, -0.1) is 0 Å². The molecular formula is C13H19N3S. The van der Waals surface area contributed by atoms with E-state index in [4.69, 9.17) is 12.2 Å². The molecule has 1 N–H and O–H groups in total. The van der Waals surface area contributed by atoms with Gasteiger partial charge in [-0.05, 0) is 44.1 Å². The highest BCUT2D eigenvalue weighted by Gasteiger charge is 2.12. The Morgan fingerprint density at radius 1 is 1.53 bits per heavy atom. The number of pyridine rings is 1. The Hall–Kier alpha value is -1.16. The largest absolute Gasteiger partial charge is 0.329 e. The van der Waals surface area contributed by atoms with Gasteiger partial charge in [0.2, 0.25) is 0 Å². The SMILES string of the molecule is CCCCC(C)n1c(=S)[nH]c2c(C)ccnc21. The van der Waals surface area contributed by atoms with Crippen molar-refractivity contribution >= 4 is 23.4 Å². The lowest BCUT2D eigenvalue weighted by atomic mass is 10.1. The molecule has 1 unspecified atom stereocenters. The molecule has 0 aromatic carbocycles. The number of H-pyrrole nitrogens is 1. The predicted molar refractivity (Wildman–Crippen MR) is 73.9 cm³/mol. The summed E-state index contributed by atoms with van der Waals surface area (Å²) in [6.07, 6.45) is 5.44. The third-order valence-corrected chi connectivity index (χ3v) is 3.53. The van der Waals surface area contributed by atoms with E-state index >= 15 is 0 Å². The molecule has 0 bridgehead atoms. The Labute approximate surface area is 107 Å². The molecule has 0 amide bonds. The van der Waals surface area contributed by atoms with Crippen LogP contribution in [0.2, 0.25) is 0 Å². The number of aromatic amines is 1. The van der Waals surface area contributed by atoms with Gasteiger partial charge in [0.05, 0.1) is 5.52 Å². The van der Waals surface area contributed by atoms with Crippen LogP contribution >= 0.6 is 12.2 Å². The molecule has 0 saturated heterocycles. The molecule has 2 heterocycles. The average Bonchev–Trinajstić information content (AvgIpc) is 2.64. The van der Waals surface area contributed by atoms with Crippen molar-refractivity contribution in [2.45, 2.75) is 46.1 Å². The average molecular weight is 249 g/mol. The van der Waals surface area contributed by atoms with Crippen molar-refractivity contribution < 1.29 is 0 Å². The quantitative estimate of drug-likeness (QED) is 0.826. The third-order valence-electron chi connectivity index (χ3n) is 3.23. The first-order valence-corrected chi connectivity index (χ1v) is 6.61. The highest BCUT2D eigenvalue weighted by molar-refractivity contribution is 7.71. The number of aryl methyl sites for hydroxylation is 1. The second-order valence-electron chi connectivity index (χ2n) is 4.62. The van der Waals surface area contributed by atoms with Gasteiger partial charge < -0.3 is 4.98 Å². The molecule has 2 aromatic heterocycles. The van der Waals surface area contributed by atoms with Crippen molar-refractivity contribution in [3.63, 3.8) is 0 Å². The van der Waals surface area contributed by atoms with Gasteiger partial charge in [-0.25, -0.2) is 4.98 Å². The summed E-state index contributed by atoms with van der Waals surface area (Å²) >= 11 is 5.41. The van der Waals surface area contributed by atoms with E-state index in [1.54, 1.807) is 0 Å². The van der Waals surface area contributed by atoms with E-state index in [0.717, 1.165) is 22.4 Å². The lowest BCUT2D eigenvalue weighted by Crippen LogP contribution is -2.05. The molecule has 2 aromatic rings. The normalized spacial score (nSPS) is 13.1. The zero-order valence-corrected chi connectivity index (χ0v) is 11.5. The number of fused-ring (bicyclic) bond motifs is 1. The Morgan fingerprint density at radius 2 is 2.29 bits per heavy atom. The van der Waals surface area contributed by atoms with Crippen LogP contribution in [0.25, 0.3) is 11.2 Å². The summed E-state index contributed by atoms with van der Waals surface area (Å²) in [5.74, 6) is 0. The molecule has 1 atom stereocenters. The molecular weight excluding hydrogens is 230 g/mol. The highest BCUT2D eigenvalue weighted by Crippen LogP contribution is 2.22. The summed E-state index contributed by atoms with van der Waals surface area (Å²) in [5, 5.41) is 0. The van der Waals surface area contributed by atoms with Gasteiger partial charge in [0, 0.05) is 12.2 Å². The Bertz CT molecular complexity index is 568. The molecule has 0 spiro atoms. The van der Waals surface area contributed by atoms with Crippen molar-refractivity contribution in [2.24, 2.45) is 0 Å². The first-order chi connectivity index (χ1) is 8.15. The Morgan fingerprint density at radius 3 is 3.00 bits per heavy atom. The molecule has 0 aliphatic carbocycles. The number of rotatable bonds is 4. The predicted octanol–water partition coefficient (Wildman–Crippen LogP) is 4.15. The zero-order chi connectivity index (χ0) is 12.4. The molecule has 3 nitrogen and oxygen atoms in total. The van der Waals surface area contributed by atoms with E-state index < -0.39 is 0 Å². The van der Waals surface area contributed by atoms with Crippen LogP contribution in [0.3, 0.4) is 0 Å². The smallest absolute Gasteiger partial charge is 0.179 e. The maximum absolute atomic E-state index is 5.41. The van der Waals surface area contributed by atoms with Gasteiger partial charge in [0.15, 0.2) is 10.4 Å². The summed E-state index contributed by atoms with van der Waals surface area (Å²) in [5.41, 5.74) is 3.25. The van der Waals surface area contributed by atoms with E-state index in [2.05, 4.69) is 35.3 Å². The van der Waals surface area contributed by atoms with E-state index in [-0.39, 0.29) is 0 Å². The fourth-order valence-corrected chi connectivity index (χ4v) is 2.55. The fourth-order valence-electron chi connectivity index (χ4n) is 2.18. The van der Waals surface area contributed by atoms with Gasteiger partial charge in [-0.3, -0.25) is 4.57 Å². The van der Waals surface area contributed by atoms with Crippen molar-refractivity contribution in [3.8, 4) is 0 Å². The van der Waals surface area contributed by atoms with Crippen molar-refractivity contribution in [2.75, 3.05) is 0 Å². The summed E-state index contributed by atoms with van der Waals surface area (Å²) in [6.45, 7) is 6.50. The van der Waals surface area contributed by atoms with Crippen LogP contribution in [-0.4, -0.2) is 14.5 Å². The number of hydrogen-bond acceptors (Lipinski definition) is 2.